The molecule has 0 fully saturated rings. The molecule has 0 saturated heterocycles. The molecule has 0 heterocycles. The second-order valence-electron chi connectivity index (χ2n) is 1.73. The SMILES string of the molecule is CCNC(=O)CSCCO. The number of aliphatic hydroxyl groups excluding tert-OH is 1. The van der Waals surface area contributed by atoms with Gasteiger partial charge in [-0.15, -0.1) is 11.8 Å². The first kappa shape index (κ1) is 9.78. The third-order valence-corrected chi connectivity index (χ3v) is 1.78. The zero-order valence-electron chi connectivity index (χ0n) is 6.09. The van der Waals surface area contributed by atoms with Crippen molar-refractivity contribution in [1.29, 1.82) is 0 Å². The molecular formula is C6H13NO2S. The minimum absolute atomic E-state index is 0.0425. The molecule has 0 aliphatic heterocycles. The maximum absolute atomic E-state index is 10.7. The van der Waals surface area contributed by atoms with Crippen LogP contribution in [0.5, 0.6) is 0 Å². The van der Waals surface area contributed by atoms with Gasteiger partial charge in [-0.1, -0.05) is 0 Å². The molecule has 0 aromatic carbocycles. The third-order valence-electron chi connectivity index (χ3n) is 0.843. The van der Waals surface area contributed by atoms with E-state index in [1.165, 1.54) is 11.8 Å². The molecule has 0 rings (SSSR count). The van der Waals surface area contributed by atoms with Crippen LogP contribution in [0, 0.1) is 0 Å². The molecule has 0 aromatic rings. The summed E-state index contributed by atoms with van der Waals surface area (Å²) in [6.07, 6.45) is 0. The van der Waals surface area contributed by atoms with E-state index in [1.54, 1.807) is 0 Å². The number of hydrogen-bond donors (Lipinski definition) is 2. The van der Waals surface area contributed by atoms with Gasteiger partial charge < -0.3 is 10.4 Å². The molecule has 0 aliphatic rings. The molecule has 0 bridgehead atoms. The molecule has 1 amide bonds. The molecule has 0 aromatic heterocycles. The van der Waals surface area contributed by atoms with Crippen molar-refractivity contribution in [3.8, 4) is 0 Å². The molecule has 0 aliphatic carbocycles. The lowest BCUT2D eigenvalue weighted by atomic mass is 10.6. The van der Waals surface area contributed by atoms with Gasteiger partial charge in [0.2, 0.25) is 5.91 Å². The molecule has 0 saturated carbocycles. The third kappa shape index (κ3) is 5.91. The summed E-state index contributed by atoms with van der Waals surface area (Å²) in [5.74, 6) is 1.13. The van der Waals surface area contributed by atoms with Crippen molar-refractivity contribution in [2.45, 2.75) is 6.92 Å². The van der Waals surface area contributed by atoms with E-state index in [4.69, 9.17) is 5.11 Å². The first-order chi connectivity index (χ1) is 4.81. The van der Waals surface area contributed by atoms with Crippen LogP contribution in [0.3, 0.4) is 0 Å². The van der Waals surface area contributed by atoms with E-state index in [0.717, 1.165) is 0 Å². The lowest BCUT2D eigenvalue weighted by molar-refractivity contribution is -0.118. The number of carbonyl (C=O) groups is 1. The van der Waals surface area contributed by atoms with Crippen molar-refractivity contribution in [2.24, 2.45) is 0 Å². The quantitative estimate of drug-likeness (QED) is 0.554. The number of nitrogens with one attached hydrogen (secondary N) is 1. The monoisotopic (exact) mass is 163 g/mol. The summed E-state index contributed by atoms with van der Waals surface area (Å²) < 4.78 is 0. The highest BCUT2D eigenvalue weighted by molar-refractivity contribution is 7.99. The fourth-order valence-electron chi connectivity index (χ4n) is 0.478. The minimum atomic E-state index is 0.0425. The first-order valence-corrected chi connectivity index (χ1v) is 4.42. The summed E-state index contributed by atoms with van der Waals surface area (Å²) in [7, 11) is 0. The maximum Gasteiger partial charge on any atom is 0.229 e. The average Bonchev–Trinajstić information content (AvgIpc) is 1.89. The van der Waals surface area contributed by atoms with Gasteiger partial charge in [0.25, 0.3) is 0 Å². The Morgan fingerprint density at radius 3 is 2.90 bits per heavy atom. The predicted octanol–water partition coefficient (Wildman–Crippen LogP) is -0.152. The molecule has 0 atom stereocenters. The Bertz CT molecular complexity index is 97.7. The minimum Gasteiger partial charge on any atom is -0.396 e. The summed E-state index contributed by atoms with van der Waals surface area (Å²) in [5, 5.41) is 11.0. The molecule has 0 spiro atoms. The number of thioether (sulfide) groups is 1. The lowest BCUT2D eigenvalue weighted by Crippen LogP contribution is -2.24. The van der Waals surface area contributed by atoms with Gasteiger partial charge in [0.05, 0.1) is 12.4 Å². The highest BCUT2D eigenvalue weighted by Crippen LogP contribution is 1.96. The summed E-state index contributed by atoms with van der Waals surface area (Å²) in [6, 6.07) is 0. The standard InChI is InChI=1S/C6H13NO2S/c1-2-7-6(9)5-10-4-3-8/h8H,2-5H2,1H3,(H,7,9). The van der Waals surface area contributed by atoms with Crippen LogP contribution in [0.25, 0.3) is 0 Å². The van der Waals surface area contributed by atoms with Crippen LogP contribution < -0.4 is 5.32 Å². The Kier molecular flexibility index (Phi) is 6.74. The normalized spacial score (nSPS) is 9.40. The van der Waals surface area contributed by atoms with Crippen LogP contribution in [0.2, 0.25) is 0 Å². The van der Waals surface area contributed by atoms with Crippen molar-refractivity contribution in [3.05, 3.63) is 0 Å². The molecule has 4 heteroatoms. The Labute approximate surface area is 65.2 Å². The first-order valence-electron chi connectivity index (χ1n) is 3.26. The zero-order chi connectivity index (χ0) is 7.82. The molecule has 3 nitrogen and oxygen atoms in total. The highest BCUT2D eigenvalue weighted by Gasteiger charge is 1.96. The van der Waals surface area contributed by atoms with Crippen LogP contribution in [-0.4, -0.2) is 35.7 Å². The largest absolute Gasteiger partial charge is 0.396 e. The van der Waals surface area contributed by atoms with Gasteiger partial charge in [-0.3, -0.25) is 4.79 Å². The van der Waals surface area contributed by atoms with Gasteiger partial charge in [0.15, 0.2) is 0 Å². The van der Waals surface area contributed by atoms with E-state index in [9.17, 15) is 4.79 Å². The van der Waals surface area contributed by atoms with Crippen LogP contribution in [0.15, 0.2) is 0 Å². The number of rotatable bonds is 5. The van der Waals surface area contributed by atoms with E-state index in [0.29, 0.717) is 18.1 Å². The van der Waals surface area contributed by atoms with Gasteiger partial charge in [-0.2, -0.15) is 0 Å². The van der Waals surface area contributed by atoms with Gasteiger partial charge in [0.1, 0.15) is 0 Å². The Morgan fingerprint density at radius 2 is 2.40 bits per heavy atom. The number of hydrogen-bond acceptors (Lipinski definition) is 3. The van der Waals surface area contributed by atoms with E-state index in [1.807, 2.05) is 6.92 Å². The molecule has 0 radical (unpaired) electrons. The molecular weight excluding hydrogens is 150 g/mol. The van der Waals surface area contributed by atoms with Crippen molar-refractivity contribution in [3.63, 3.8) is 0 Å². The summed E-state index contributed by atoms with van der Waals surface area (Å²) in [5.41, 5.74) is 0. The fourth-order valence-corrected chi connectivity index (χ4v) is 1.04. The van der Waals surface area contributed by atoms with Crippen molar-refractivity contribution in [1.82, 2.24) is 5.32 Å². The fraction of sp³-hybridized carbons (Fsp3) is 0.833. The molecule has 2 N–H and O–H groups in total. The molecule has 10 heavy (non-hydrogen) atoms. The van der Waals surface area contributed by atoms with Crippen LogP contribution in [0.1, 0.15) is 6.92 Å². The van der Waals surface area contributed by atoms with Gasteiger partial charge in [-0.05, 0) is 6.92 Å². The highest BCUT2D eigenvalue weighted by atomic mass is 32.2. The van der Waals surface area contributed by atoms with Gasteiger partial charge in [-0.25, -0.2) is 0 Å². The number of amides is 1. The van der Waals surface area contributed by atoms with Crippen LogP contribution in [-0.2, 0) is 4.79 Å². The van der Waals surface area contributed by atoms with Gasteiger partial charge >= 0.3 is 0 Å². The maximum atomic E-state index is 10.7. The van der Waals surface area contributed by atoms with Gasteiger partial charge in [0, 0.05) is 12.3 Å². The molecule has 60 valence electrons. The Balaban J connectivity index is 3.05. The molecule has 0 unspecified atom stereocenters. The summed E-state index contributed by atoms with van der Waals surface area (Å²) >= 11 is 1.44. The zero-order valence-corrected chi connectivity index (χ0v) is 6.91. The average molecular weight is 163 g/mol. The van der Waals surface area contributed by atoms with E-state index in [2.05, 4.69) is 5.32 Å². The summed E-state index contributed by atoms with van der Waals surface area (Å²) in [6.45, 7) is 2.71. The predicted molar refractivity (Wildman–Crippen MR) is 43.1 cm³/mol. The van der Waals surface area contributed by atoms with E-state index in [-0.39, 0.29) is 12.5 Å². The Morgan fingerprint density at radius 1 is 1.70 bits per heavy atom. The topological polar surface area (TPSA) is 49.3 Å². The van der Waals surface area contributed by atoms with Crippen molar-refractivity contribution in [2.75, 3.05) is 24.7 Å². The van der Waals surface area contributed by atoms with E-state index < -0.39 is 0 Å². The number of aliphatic hydroxyl groups is 1. The van der Waals surface area contributed by atoms with Crippen LogP contribution in [0.4, 0.5) is 0 Å². The van der Waals surface area contributed by atoms with Crippen LogP contribution >= 0.6 is 11.8 Å². The number of carbonyl (C=O) groups excluding carboxylic acids is 1. The van der Waals surface area contributed by atoms with E-state index >= 15 is 0 Å². The lowest BCUT2D eigenvalue weighted by Gasteiger charge is -1.99. The smallest absolute Gasteiger partial charge is 0.229 e. The second kappa shape index (κ2) is 6.89. The van der Waals surface area contributed by atoms with Crippen molar-refractivity contribution >= 4 is 17.7 Å². The van der Waals surface area contributed by atoms with Crippen molar-refractivity contribution < 1.29 is 9.90 Å². The Hall–Kier alpha value is -0.220. The second-order valence-corrected chi connectivity index (χ2v) is 2.83. The summed E-state index contributed by atoms with van der Waals surface area (Å²) in [4.78, 5) is 10.7.